The summed E-state index contributed by atoms with van der Waals surface area (Å²) in [4.78, 5) is 31.5. The molecule has 4 rings (SSSR count). The minimum Gasteiger partial charge on any atom is -0.338 e. The molecule has 2 aliphatic heterocycles. The average Bonchev–Trinajstić information content (AvgIpc) is 3.12. The van der Waals surface area contributed by atoms with Crippen molar-refractivity contribution in [2.45, 2.75) is 31.7 Å². The quantitative estimate of drug-likeness (QED) is 0.817. The number of rotatable bonds is 2. The summed E-state index contributed by atoms with van der Waals surface area (Å²) in [5.74, 6) is 0.324. The third-order valence-electron chi connectivity index (χ3n) is 5.95. The first-order valence-electron chi connectivity index (χ1n) is 9.71. The molecule has 0 aromatic heterocycles. The van der Waals surface area contributed by atoms with Crippen LogP contribution in [0, 0.1) is 0 Å². The number of aryl methyl sites for hydroxylation is 1. The Morgan fingerprint density at radius 1 is 1.04 bits per heavy atom. The topological polar surface area (TPSA) is 43.9 Å². The van der Waals surface area contributed by atoms with Gasteiger partial charge in [-0.15, -0.1) is 0 Å². The highest BCUT2D eigenvalue weighted by atomic mass is 16.2. The fraction of sp³-hybridized carbons (Fsp3) is 0.524. The zero-order valence-corrected chi connectivity index (χ0v) is 15.5. The number of piperazine rings is 1. The molecule has 3 aliphatic rings. The highest BCUT2D eigenvalue weighted by Crippen LogP contribution is 2.22. The average molecular weight is 353 g/mol. The molecule has 0 bridgehead atoms. The van der Waals surface area contributed by atoms with Crippen LogP contribution in [-0.4, -0.2) is 72.3 Å². The van der Waals surface area contributed by atoms with Gasteiger partial charge in [0.25, 0.3) is 5.91 Å². The molecule has 2 amide bonds. The lowest BCUT2D eigenvalue weighted by molar-refractivity contribution is -0.137. The zero-order valence-electron chi connectivity index (χ0n) is 15.5. The summed E-state index contributed by atoms with van der Waals surface area (Å²) in [5.41, 5.74) is 3.26. The Balaban J connectivity index is 1.38. The SMILES string of the molecule is CN1CCCC1C(=O)N1CCN(C(=O)c2ccc3c(c2)CCC=C3)CC1. The van der Waals surface area contributed by atoms with E-state index in [2.05, 4.69) is 17.1 Å². The molecular weight excluding hydrogens is 326 g/mol. The Labute approximate surface area is 155 Å². The summed E-state index contributed by atoms with van der Waals surface area (Å²) in [7, 11) is 2.03. The summed E-state index contributed by atoms with van der Waals surface area (Å²) in [6.45, 7) is 3.53. The highest BCUT2D eigenvalue weighted by Gasteiger charge is 2.33. The molecule has 0 N–H and O–H groups in total. The van der Waals surface area contributed by atoms with Crippen LogP contribution in [0.4, 0.5) is 0 Å². The summed E-state index contributed by atoms with van der Waals surface area (Å²) in [5, 5.41) is 0. The van der Waals surface area contributed by atoms with Gasteiger partial charge < -0.3 is 9.80 Å². The molecule has 5 nitrogen and oxygen atoms in total. The van der Waals surface area contributed by atoms with E-state index in [1.807, 2.05) is 35.0 Å². The van der Waals surface area contributed by atoms with Crippen molar-refractivity contribution in [1.82, 2.24) is 14.7 Å². The number of carbonyl (C=O) groups is 2. The van der Waals surface area contributed by atoms with E-state index >= 15 is 0 Å². The maximum Gasteiger partial charge on any atom is 0.253 e. The van der Waals surface area contributed by atoms with Crippen molar-refractivity contribution >= 4 is 17.9 Å². The normalized spacial score (nSPS) is 23.2. The molecule has 1 aliphatic carbocycles. The van der Waals surface area contributed by atoms with E-state index in [1.165, 1.54) is 11.1 Å². The maximum atomic E-state index is 12.9. The molecule has 0 spiro atoms. The Morgan fingerprint density at radius 2 is 1.81 bits per heavy atom. The summed E-state index contributed by atoms with van der Waals surface area (Å²) < 4.78 is 0. The minimum atomic E-state index is 0.0333. The molecule has 2 heterocycles. The van der Waals surface area contributed by atoms with Crippen molar-refractivity contribution in [3.8, 4) is 0 Å². The Hall–Kier alpha value is -2.14. The van der Waals surface area contributed by atoms with Crippen LogP contribution < -0.4 is 0 Å². The number of allylic oxidation sites excluding steroid dienone is 1. The first-order valence-corrected chi connectivity index (χ1v) is 9.71. The molecule has 0 saturated carbocycles. The van der Waals surface area contributed by atoms with Gasteiger partial charge in [0.2, 0.25) is 5.91 Å². The number of hydrogen-bond donors (Lipinski definition) is 0. The Kier molecular flexibility index (Phi) is 4.81. The smallest absolute Gasteiger partial charge is 0.253 e. The number of amides is 2. The number of likely N-dealkylation sites (tertiary alicyclic amines) is 1. The van der Waals surface area contributed by atoms with Gasteiger partial charge >= 0.3 is 0 Å². The van der Waals surface area contributed by atoms with Crippen LogP contribution in [0.3, 0.4) is 0 Å². The standard InChI is InChI=1S/C21H27N3O2/c1-22-10-4-7-19(22)21(26)24-13-11-23(12-14-24)20(25)18-9-8-16-5-2-3-6-17(16)15-18/h2,5,8-9,15,19H,3-4,6-7,10-14H2,1H3. The van der Waals surface area contributed by atoms with Gasteiger partial charge in [-0.1, -0.05) is 18.2 Å². The fourth-order valence-electron chi connectivity index (χ4n) is 4.31. The van der Waals surface area contributed by atoms with Gasteiger partial charge in [0, 0.05) is 31.7 Å². The molecule has 1 unspecified atom stereocenters. The van der Waals surface area contributed by atoms with Crippen LogP contribution in [0.5, 0.6) is 0 Å². The number of benzene rings is 1. The molecule has 2 saturated heterocycles. The summed E-state index contributed by atoms with van der Waals surface area (Å²) in [6.07, 6.45) is 8.42. The maximum absolute atomic E-state index is 12.9. The number of hydrogen-bond acceptors (Lipinski definition) is 3. The zero-order chi connectivity index (χ0) is 18.1. The fourth-order valence-corrected chi connectivity index (χ4v) is 4.31. The second-order valence-corrected chi connectivity index (χ2v) is 7.61. The Bertz CT molecular complexity index is 735. The van der Waals surface area contributed by atoms with Gasteiger partial charge in [0.15, 0.2) is 0 Å². The second kappa shape index (κ2) is 7.23. The van der Waals surface area contributed by atoms with Crippen molar-refractivity contribution in [1.29, 1.82) is 0 Å². The van der Waals surface area contributed by atoms with E-state index < -0.39 is 0 Å². The van der Waals surface area contributed by atoms with Gasteiger partial charge in [0.05, 0.1) is 6.04 Å². The lowest BCUT2D eigenvalue weighted by atomic mass is 9.95. The van der Waals surface area contributed by atoms with Crippen molar-refractivity contribution in [3.05, 3.63) is 41.0 Å². The van der Waals surface area contributed by atoms with E-state index in [9.17, 15) is 9.59 Å². The predicted molar refractivity (Wildman–Crippen MR) is 102 cm³/mol. The largest absolute Gasteiger partial charge is 0.338 e. The van der Waals surface area contributed by atoms with E-state index in [0.29, 0.717) is 26.2 Å². The number of likely N-dealkylation sites (N-methyl/N-ethyl adjacent to an activating group) is 1. The third-order valence-corrected chi connectivity index (χ3v) is 5.95. The van der Waals surface area contributed by atoms with Gasteiger partial charge in [-0.25, -0.2) is 0 Å². The van der Waals surface area contributed by atoms with Gasteiger partial charge in [-0.3, -0.25) is 14.5 Å². The lowest BCUT2D eigenvalue weighted by Crippen LogP contribution is -2.54. The molecule has 2 fully saturated rings. The van der Waals surface area contributed by atoms with E-state index in [-0.39, 0.29) is 17.9 Å². The lowest BCUT2D eigenvalue weighted by Gasteiger charge is -2.37. The van der Waals surface area contributed by atoms with Crippen molar-refractivity contribution in [3.63, 3.8) is 0 Å². The van der Waals surface area contributed by atoms with Crippen molar-refractivity contribution in [2.24, 2.45) is 0 Å². The summed E-state index contributed by atoms with van der Waals surface area (Å²) in [6, 6.07) is 6.06. The first-order chi connectivity index (χ1) is 12.6. The third kappa shape index (κ3) is 3.28. The van der Waals surface area contributed by atoms with Crippen LogP contribution in [-0.2, 0) is 11.2 Å². The molecule has 1 aromatic carbocycles. The predicted octanol–water partition coefficient (Wildman–Crippen LogP) is 2.02. The van der Waals surface area contributed by atoms with Crippen LogP contribution in [0.1, 0.15) is 40.7 Å². The monoisotopic (exact) mass is 353 g/mol. The van der Waals surface area contributed by atoms with Gasteiger partial charge in [-0.05, 0) is 62.5 Å². The molecule has 5 heteroatoms. The van der Waals surface area contributed by atoms with Crippen molar-refractivity contribution < 1.29 is 9.59 Å². The summed E-state index contributed by atoms with van der Waals surface area (Å²) >= 11 is 0. The van der Waals surface area contributed by atoms with Gasteiger partial charge in [-0.2, -0.15) is 0 Å². The molecule has 1 atom stereocenters. The number of carbonyl (C=O) groups excluding carboxylic acids is 2. The molecular formula is C21H27N3O2. The van der Waals surface area contributed by atoms with Crippen LogP contribution in [0.15, 0.2) is 24.3 Å². The number of fused-ring (bicyclic) bond motifs is 1. The second-order valence-electron chi connectivity index (χ2n) is 7.61. The van der Waals surface area contributed by atoms with Gasteiger partial charge in [0.1, 0.15) is 0 Å². The van der Waals surface area contributed by atoms with E-state index in [4.69, 9.17) is 0 Å². The van der Waals surface area contributed by atoms with Crippen LogP contribution >= 0.6 is 0 Å². The first kappa shape index (κ1) is 17.3. The highest BCUT2D eigenvalue weighted by molar-refractivity contribution is 5.95. The number of nitrogens with zero attached hydrogens (tertiary/aromatic N) is 3. The molecule has 138 valence electrons. The molecule has 0 radical (unpaired) electrons. The molecule has 1 aromatic rings. The van der Waals surface area contributed by atoms with Crippen LogP contribution in [0.25, 0.3) is 6.08 Å². The van der Waals surface area contributed by atoms with E-state index in [0.717, 1.165) is 37.8 Å². The van der Waals surface area contributed by atoms with Crippen LogP contribution in [0.2, 0.25) is 0 Å². The van der Waals surface area contributed by atoms with E-state index in [1.54, 1.807) is 0 Å². The minimum absolute atomic E-state index is 0.0333. The van der Waals surface area contributed by atoms with Crippen molar-refractivity contribution in [2.75, 3.05) is 39.8 Å². The Morgan fingerprint density at radius 3 is 2.54 bits per heavy atom. The molecule has 26 heavy (non-hydrogen) atoms.